The summed E-state index contributed by atoms with van der Waals surface area (Å²) in [5.74, 6) is -0.874. The minimum absolute atomic E-state index is 0.0890. The first kappa shape index (κ1) is 16.1. The number of nitrogens with one attached hydrogen (secondary N) is 1. The van der Waals surface area contributed by atoms with Gasteiger partial charge in [0, 0.05) is 12.6 Å². The van der Waals surface area contributed by atoms with E-state index in [2.05, 4.69) is 19.2 Å². The lowest BCUT2D eigenvalue weighted by molar-refractivity contribution is -0.148. The minimum Gasteiger partial charge on any atom is -0.479 e. The maximum absolute atomic E-state index is 12.6. The van der Waals surface area contributed by atoms with Gasteiger partial charge in [-0.3, -0.25) is 0 Å². The highest BCUT2D eigenvalue weighted by Crippen LogP contribution is 2.37. The van der Waals surface area contributed by atoms with Crippen molar-refractivity contribution in [2.24, 2.45) is 5.41 Å². The number of aliphatic carboxylic acids is 1. The summed E-state index contributed by atoms with van der Waals surface area (Å²) < 4.78 is 0. The van der Waals surface area contributed by atoms with E-state index in [1.165, 1.54) is 6.42 Å². The number of carboxylic acid groups (broad SMARTS) is 1. The third-order valence-corrected chi connectivity index (χ3v) is 5.52. The molecule has 1 saturated heterocycles. The van der Waals surface area contributed by atoms with Gasteiger partial charge in [-0.25, -0.2) is 9.59 Å². The van der Waals surface area contributed by atoms with Gasteiger partial charge in [-0.2, -0.15) is 0 Å². The molecule has 2 aliphatic rings. The van der Waals surface area contributed by atoms with Crippen LogP contribution in [-0.2, 0) is 4.79 Å². The number of amides is 2. The molecule has 2 N–H and O–H groups in total. The molecule has 2 amide bonds. The fraction of sp³-hybridized carbons (Fsp3) is 0.875. The molecule has 2 rings (SSSR count). The number of urea groups is 1. The highest BCUT2D eigenvalue weighted by molar-refractivity contribution is 5.87. The van der Waals surface area contributed by atoms with Crippen molar-refractivity contribution < 1.29 is 14.7 Å². The summed E-state index contributed by atoms with van der Waals surface area (Å²) in [6, 6.07) is -0.0561. The Morgan fingerprint density at radius 2 is 1.95 bits per heavy atom. The molecule has 5 nitrogen and oxygen atoms in total. The molecule has 21 heavy (non-hydrogen) atoms. The molecule has 1 aliphatic heterocycles. The zero-order valence-corrected chi connectivity index (χ0v) is 13.4. The van der Waals surface area contributed by atoms with Gasteiger partial charge in [0.05, 0.1) is 0 Å². The Morgan fingerprint density at radius 3 is 2.52 bits per heavy atom. The molecule has 1 saturated carbocycles. The predicted molar refractivity (Wildman–Crippen MR) is 81.2 cm³/mol. The summed E-state index contributed by atoms with van der Waals surface area (Å²) in [5.41, 5.74) is -0.922. The molecular formula is C16H28N2O3. The Hall–Kier alpha value is -1.26. The standard InChI is InChI=1S/C16H28N2O3/c1-4-16(13(19)20)10-7-11-18(16)14(21)17-12-8-5-6-9-15(12,2)3/h12H,4-11H2,1-3H3,(H,17,21)(H,19,20). The molecule has 0 spiro atoms. The summed E-state index contributed by atoms with van der Waals surface area (Å²) in [5, 5.41) is 12.7. The molecule has 0 aromatic rings. The van der Waals surface area contributed by atoms with Crippen molar-refractivity contribution in [3.63, 3.8) is 0 Å². The van der Waals surface area contributed by atoms with Crippen LogP contribution in [0.4, 0.5) is 4.79 Å². The van der Waals surface area contributed by atoms with Gasteiger partial charge in [-0.05, 0) is 37.5 Å². The Morgan fingerprint density at radius 1 is 1.24 bits per heavy atom. The van der Waals surface area contributed by atoms with Crippen molar-refractivity contribution in [1.82, 2.24) is 10.2 Å². The third-order valence-electron chi connectivity index (χ3n) is 5.52. The normalized spacial score (nSPS) is 32.0. The molecule has 2 fully saturated rings. The zero-order valence-electron chi connectivity index (χ0n) is 13.4. The molecule has 0 aromatic heterocycles. The van der Waals surface area contributed by atoms with E-state index in [1.807, 2.05) is 6.92 Å². The Kier molecular flexibility index (Phi) is 4.49. The van der Waals surface area contributed by atoms with Crippen LogP contribution in [0, 0.1) is 5.41 Å². The first-order chi connectivity index (χ1) is 9.83. The molecule has 2 unspecified atom stereocenters. The molecule has 0 aromatic carbocycles. The Balaban J connectivity index is 2.10. The lowest BCUT2D eigenvalue weighted by Gasteiger charge is -2.41. The van der Waals surface area contributed by atoms with E-state index in [0.717, 1.165) is 25.7 Å². The summed E-state index contributed by atoms with van der Waals surface area (Å²) >= 11 is 0. The van der Waals surface area contributed by atoms with Crippen LogP contribution in [0.2, 0.25) is 0 Å². The van der Waals surface area contributed by atoms with Crippen molar-refractivity contribution in [2.45, 2.75) is 77.3 Å². The number of hydrogen-bond acceptors (Lipinski definition) is 2. The Labute approximate surface area is 127 Å². The third kappa shape index (κ3) is 2.87. The van der Waals surface area contributed by atoms with E-state index in [4.69, 9.17) is 0 Å². The van der Waals surface area contributed by atoms with Gasteiger partial charge < -0.3 is 15.3 Å². The van der Waals surface area contributed by atoms with Crippen LogP contribution in [0.1, 0.15) is 65.7 Å². The fourth-order valence-corrected chi connectivity index (χ4v) is 3.90. The number of hydrogen-bond donors (Lipinski definition) is 2. The van der Waals surface area contributed by atoms with Crippen molar-refractivity contribution in [3.05, 3.63) is 0 Å². The summed E-state index contributed by atoms with van der Waals surface area (Å²) in [6.07, 6.45) is 6.21. The van der Waals surface area contributed by atoms with Gasteiger partial charge in [0.2, 0.25) is 0 Å². The van der Waals surface area contributed by atoms with E-state index in [1.54, 1.807) is 4.90 Å². The SMILES string of the molecule is CCC1(C(=O)O)CCCN1C(=O)NC1CCCCC1(C)C. The Bertz CT molecular complexity index is 422. The maximum Gasteiger partial charge on any atom is 0.329 e. The lowest BCUT2D eigenvalue weighted by Crippen LogP contribution is -2.59. The van der Waals surface area contributed by atoms with Crippen LogP contribution < -0.4 is 5.32 Å². The average Bonchev–Trinajstić information content (AvgIpc) is 2.86. The van der Waals surface area contributed by atoms with Crippen LogP contribution in [-0.4, -0.2) is 40.1 Å². The van der Waals surface area contributed by atoms with Crippen LogP contribution >= 0.6 is 0 Å². The molecular weight excluding hydrogens is 268 g/mol. The second kappa shape index (κ2) is 5.85. The minimum atomic E-state index is -1.01. The molecule has 2 atom stereocenters. The number of carboxylic acids is 1. The highest BCUT2D eigenvalue weighted by Gasteiger charge is 2.49. The maximum atomic E-state index is 12.6. The van der Waals surface area contributed by atoms with Gasteiger partial charge in [-0.15, -0.1) is 0 Å². The van der Waals surface area contributed by atoms with E-state index in [9.17, 15) is 14.7 Å². The summed E-state index contributed by atoms with van der Waals surface area (Å²) in [7, 11) is 0. The fourth-order valence-electron chi connectivity index (χ4n) is 3.90. The molecule has 5 heteroatoms. The van der Waals surface area contributed by atoms with Crippen molar-refractivity contribution in [3.8, 4) is 0 Å². The van der Waals surface area contributed by atoms with Gasteiger partial charge in [0.15, 0.2) is 0 Å². The topological polar surface area (TPSA) is 69.6 Å². The van der Waals surface area contributed by atoms with Gasteiger partial charge in [0.1, 0.15) is 5.54 Å². The first-order valence-electron chi connectivity index (χ1n) is 8.15. The van der Waals surface area contributed by atoms with Gasteiger partial charge in [0.25, 0.3) is 0 Å². The van der Waals surface area contributed by atoms with Crippen LogP contribution in [0.3, 0.4) is 0 Å². The van der Waals surface area contributed by atoms with E-state index < -0.39 is 11.5 Å². The van der Waals surface area contributed by atoms with Crippen molar-refractivity contribution in [2.75, 3.05) is 6.54 Å². The molecule has 0 bridgehead atoms. The van der Waals surface area contributed by atoms with Crippen molar-refractivity contribution in [1.29, 1.82) is 0 Å². The summed E-state index contributed by atoms with van der Waals surface area (Å²) in [4.78, 5) is 25.9. The van der Waals surface area contributed by atoms with Crippen molar-refractivity contribution >= 4 is 12.0 Å². The summed E-state index contributed by atoms with van der Waals surface area (Å²) in [6.45, 7) is 6.76. The number of likely N-dealkylation sites (tertiary alicyclic amines) is 1. The van der Waals surface area contributed by atoms with Crippen LogP contribution in [0.5, 0.6) is 0 Å². The van der Waals surface area contributed by atoms with E-state index in [0.29, 0.717) is 19.4 Å². The van der Waals surface area contributed by atoms with Gasteiger partial charge >= 0.3 is 12.0 Å². The molecule has 0 radical (unpaired) electrons. The first-order valence-corrected chi connectivity index (χ1v) is 8.15. The molecule has 1 heterocycles. The van der Waals surface area contributed by atoms with Crippen LogP contribution in [0.25, 0.3) is 0 Å². The number of carbonyl (C=O) groups excluding carboxylic acids is 1. The predicted octanol–water partition coefficient (Wildman–Crippen LogP) is 2.99. The monoisotopic (exact) mass is 296 g/mol. The second-order valence-corrected chi connectivity index (χ2v) is 7.18. The lowest BCUT2D eigenvalue weighted by atomic mass is 9.73. The highest BCUT2D eigenvalue weighted by atomic mass is 16.4. The second-order valence-electron chi connectivity index (χ2n) is 7.18. The molecule has 1 aliphatic carbocycles. The average molecular weight is 296 g/mol. The largest absolute Gasteiger partial charge is 0.479 e. The molecule has 120 valence electrons. The van der Waals surface area contributed by atoms with Gasteiger partial charge in [-0.1, -0.05) is 33.6 Å². The zero-order chi connectivity index (χ0) is 15.7. The van der Waals surface area contributed by atoms with E-state index in [-0.39, 0.29) is 17.5 Å². The van der Waals surface area contributed by atoms with E-state index >= 15 is 0 Å². The number of nitrogens with zero attached hydrogens (tertiary/aromatic N) is 1. The number of rotatable bonds is 3. The smallest absolute Gasteiger partial charge is 0.329 e. The van der Waals surface area contributed by atoms with Crippen LogP contribution in [0.15, 0.2) is 0 Å². The quantitative estimate of drug-likeness (QED) is 0.841. The number of carbonyl (C=O) groups is 2.